The molecule has 4 amide bonds. The lowest BCUT2D eigenvalue weighted by molar-refractivity contribution is -0.122. The molecule has 0 unspecified atom stereocenters. The Balaban J connectivity index is 1.65. The predicted molar refractivity (Wildman–Crippen MR) is 132 cm³/mol. The number of esters is 1. The van der Waals surface area contributed by atoms with E-state index in [9.17, 15) is 19.2 Å². The minimum Gasteiger partial charge on any atom is -0.488 e. The van der Waals surface area contributed by atoms with Crippen LogP contribution in [-0.2, 0) is 20.9 Å². The molecule has 176 valence electrons. The third-order valence-electron chi connectivity index (χ3n) is 5.16. The van der Waals surface area contributed by atoms with Crippen LogP contribution < -0.4 is 15.0 Å². The molecule has 0 saturated carbocycles. The molecule has 4 rings (SSSR count). The average molecular weight is 535 g/mol. The number of urea groups is 1. The maximum atomic E-state index is 13.2. The molecular weight excluding hydrogens is 516 g/mol. The van der Waals surface area contributed by atoms with E-state index < -0.39 is 23.8 Å². The number of nitrogens with one attached hydrogen (secondary N) is 1. The van der Waals surface area contributed by atoms with Crippen LogP contribution in [0.5, 0.6) is 5.75 Å². The second kappa shape index (κ2) is 10.4. The summed E-state index contributed by atoms with van der Waals surface area (Å²) in [4.78, 5) is 50.8. The van der Waals surface area contributed by atoms with Crippen LogP contribution in [0.3, 0.4) is 0 Å². The minimum atomic E-state index is -0.891. The molecule has 9 heteroatoms. The van der Waals surface area contributed by atoms with Crippen LogP contribution in [0, 0.1) is 0 Å². The number of halogens is 1. The van der Waals surface area contributed by atoms with Gasteiger partial charge in [-0.3, -0.25) is 14.9 Å². The van der Waals surface area contributed by atoms with Crippen LogP contribution >= 0.6 is 15.9 Å². The maximum Gasteiger partial charge on any atom is 0.337 e. The standard InChI is InChI=1S/C26H19BrN2O6/c1-34-25(32)17-7-10-20(11-8-17)29-24(31)21(23(30)28-26(29)33)14-18-13-19(27)9-12-22(18)35-15-16-5-3-2-4-6-16/h2-14H,15H2,1H3,(H,28,30,33)/b21-14-. The second-order valence-corrected chi connectivity index (χ2v) is 8.37. The molecule has 1 fully saturated rings. The molecule has 0 bridgehead atoms. The van der Waals surface area contributed by atoms with Gasteiger partial charge in [0.2, 0.25) is 0 Å². The molecule has 1 saturated heterocycles. The number of amides is 4. The van der Waals surface area contributed by atoms with E-state index in [0.29, 0.717) is 15.8 Å². The number of barbiturate groups is 1. The molecule has 1 heterocycles. The van der Waals surface area contributed by atoms with Gasteiger partial charge in [-0.2, -0.15) is 0 Å². The van der Waals surface area contributed by atoms with Crippen molar-refractivity contribution in [2.75, 3.05) is 12.0 Å². The SMILES string of the molecule is COC(=O)c1ccc(N2C(=O)NC(=O)/C(=C/c3cc(Br)ccc3OCc3ccccc3)C2=O)cc1. The molecule has 1 aliphatic rings. The van der Waals surface area contributed by atoms with Gasteiger partial charge < -0.3 is 9.47 Å². The highest BCUT2D eigenvalue weighted by atomic mass is 79.9. The fourth-order valence-electron chi connectivity index (χ4n) is 3.41. The molecule has 0 radical (unpaired) electrons. The summed E-state index contributed by atoms with van der Waals surface area (Å²) in [6, 6.07) is 19.6. The van der Waals surface area contributed by atoms with Crippen LogP contribution in [0.1, 0.15) is 21.5 Å². The molecule has 35 heavy (non-hydrogen) atoms. The van der Waals surface area contributed by atoms with Crippen molar-refractivity contribution in [3.63, 3.8) is 0 Å². The summed E-state index contributed by atoms with van der Waals surface area (Å²) >= 11 is 3.40. The Morgan fingerprint density at radius 2 is 1.71 bits per heavy atom. The predicted octanol–water partition coefficient (Wildman–Crippen LogP) is 4.48. The van der Waals surface area contributed by atoms with Crippen molar-refractivity contribution >= 4 is 51.5 Å². The van der Waals surface area contributed by atoms with Crippen molar-refractivity contribution in [3.8, 4) is 5.75 Å². The van der Waals surface area contributed by atoms with E-state index in [1.54, 1.807) is 18.2 Å². The number of ether oxygens (including phenoxy) is 2. The van der Waals surface area contributed by atoms with Crippen LogP contribution in [0.15, 0.2) is 82.8 Å². The zero-order valence-electron chi connectivity index (χ0n) is 18.5. The van der Waals surface area contributed by atoms with Crippen LogP contribution in [0.2, 0.25) is 0 Å². The fraction of sp³-hybridized carbons (Fsp3) is 0.0769. The smallest absolute Gasteiger partial charge is 0.337 e. The quantitative estimate of drug-likeness (QED) is 0.284. The van der Waals surface area contributed by atoms with Crippen LogP contribution in [-0.4, -0.2) is 30.9 Å². The summed E-state index contributed by atoms with van der Waals surface area (Å²) in [5.41, 5.74) is 1.62. The van der Waals surface area contributed by atoms with Gasteiger partial charge in [-0.05, 0) is 54.1 Å². The van der Waals surface area contributed by atoms with Gasteiger partial charge in [0.05, 0.1) is 18.4 Å². The summed E-state index contributed by atoms with van der Waals surface area (Å²) in [7, 11) is 1.25. The minimum absolute atomic E-state index is 0.188. The lowest BCUT2D eigenvalue weighted by atomic mass is 10.1. The van der Waals surface area contributed by atoms with Crippen molar-refractivity contribution in [2.24, 2.45) is 0 Å². The molecule has 3 aromatic rings. The number of imide groups is 2. The Hall–Kier alpha value is -4.24. The second-order valence-electron chi connectivity index (χ2n) is 7.45. The van der Waals surface area contributed by atoms with Crippen molar-refractivity contribution in [3.05, 3.63) is 99.5 Å². The third kappa shape index (κ3) is 5.30. The Bertz CT molecular complexity index is 1340. The molecular formula is C26H19BrN2O6. The normalized spacial score (nSPS) is 14.6. The molecule has 8 nitrogen and oxygen atoms in total. The van der Waals surface area contributed by atoms with Gasteiger partial charge in [-0.25, -0.2) is 14.5 Å². The van der Waals surface area contributed by atoms with Gasteiger partial charge in [-0.1, -0.05) is 46.3 Å². The number of methoxy groups -OCH3 is 1. The van der Waals surface area contributed by atoms with Gasteiger partial charge in [0.15, 0.2) is 0 Å². The van der Waals surface area contributed by atoms with Crippen LogP contribution in [0.4, 0.5) is 10.5 Å². The van der Waals surface area contributed by atoms with E-state index in [1.165, 1.54) is 37.5 Å². The van der Waals surface area contributed by atoms with Gasteiger partial charge in [-0.15, -0.1) is 0 Å². The molecule has 0 aromatic heterocycles. The van der Waals surface area contributed by atoms with E-state index in [4.69, 9.17) is 4.74 Å². The van der Waals surface area contributed by atoms with Gasteiger partial charge in [0.25, 0.3) is 11.8 Å². The van der Waals surface area contributed by atoms with Crippen molar-refractivity contribution < 1.29 is 28.7 Å². The fourth-order valence-corrected chi connectivity index (χ4v) is 3.79. The monoisotopic (exact) mass is 534 g/mol. The summed E-state index contributed by atoms with van der Waals surface area (Å²) in [6.45, 7) is 0.288. The largest absolute Gasteiger partial charge is 0.488 e. The number of benzene rings is 3. The summed E-state index contributed by atoms with van der Waals surface area (Å²) in [6.07, 6.45) is 1.38. The first-order valence-electron chi connectivity index (χ1n) is 10.4. The number of hydrogen-bond acceptors (Lipinski definition) is 6. The number of rotatable bonds is 6. The average Bonchev–Trinajstić information content (AvgIpc) is 2.86. The highest BCUT2D eigenvalue weighted by Gasteiger charge is 2.37. The number of nitrogens with zero attached hydrogens (tertiary/aromatic N) is 1. The highest BCUT2D eigenvalue weighted by Crippen LogP contribution is 2.29. The first kappa shape index (κ1) is 23.9. The van der Waals surface area contributed by atoms with Gasteiger partial charge in [0, 0.05) is 10.0 Å². The zero-order chi connectivity index (χ0) is 24.9. The lowest BCUT2D eigenvalue weighted by Crippen LogP contribution is -2.54. The third-order valence-corrected chi connectivity index (χ3v) is 5.65. The van der Waals surface area contributed by atoms with Crippen LogP contribution in [0.25, 0.3) is 6.08 Å². The number of carbonyl (C=O) groups excluding carboxylic acids is 4. The zero-order valence-corrected chi connectivity index (χ0v) is 20.1. The Labute approximate surface area is 209 Å². The first-order chi connectivity index (χ1) is 16.9. The molecule has 1 N–H and O–H groups in total. The Morgan fingerprint density at radius 1 is 1.00 bits per heavy atom. The summed E-state index contributed by atoms with van der Waals surface area (Å²) in [5, 5.41) is 2.18. The maximum absolute atomic E-state index is 13.2. The van der Waals surface area contributed by atoms with E-state index in [1.807, 2.05) is 30.3 Å². The number of carbonyl (C=O) groups is 4. The first-order valence-corrected chi connectivity index (χ1v) is 11.2. The van der Waals surface area contributed by atoms with Crippen molar-refractivity contribution in [1.82, 2.24) is 5.32 Å². The van der Waals surface area contributed by atoms with E-state index in [0.717, 1.165) is 10.5 Å². The summed E-state index contributed by atoms with van der Waals surface area (Å²) < 4.78 is 11.3. The molecule has 0 atom stereocenters. The Kier molecular flexibility index (Phi) is 7.07. The van der Waals surface area contributed by atoms with Crippen molar-refractivity contribution in [2.45, 2.75) is 6.61 Å². The van der Waals surface area contributed by atoms with Crippen molar-refractivity contribution in [1.29, 1.82) is 0 Å². The highest BCUT2D eigenvalue weighted by molar-refractivity contribution is 9.10. The molecule has 0 spiro atoms. The lowest BCUT2D eigenvalue weighted by Gasteiger charge is -2.26. The van der Waals surface area contributed by atoms with E-state index in [2.05, 4.69) is 26.0 Å². The molecule has 0 aliphatic carbocycles. The molecule has 3 aromatic carbocycles. The topological polar surface area (TPSA) is 102 Å². The molecule has 1 aliphatic heterocycles. The van der Waals surface area contributed by atoms with Gasteiger partial charge in [0.1, 0.15) is 17.9 Å². The van der Waals surface area contributed by atoms with E-state index in [-0.39, 0.29) is 23.4 Å². The van der Waals surface area contributed by atoms with Gasteiger partial charge >= 0.3 is 12.0 Å². The number of hydrogen-bond donors (Lipinski definition) is 1. The number of anilines is 1. The Morgan fingerprint density at radius 3 is 2.40 bits per heavy atom. The van der Waals surface area contributed by atoms with E-state index >= 15 is 0 Å². The summed E-state index contributed by atoms with van der Waals surface area (Å²) in [5.74, 6) is -1.73.